The average molecular weight is 245 g/mol. The minimum absolute atomic E-state index is 0.501. The number of nitrogens with zero attached hydrogens (tertiary/aromatic N) is 1. The first kappa shape index (κ1) is 11.8. The Morgan fingerprint density at radius 1 is 1.35 bits per heavy atom. The van der Waals surface area contributed by atoms with Gasteiger partial charge in [-0.1, -0.05) is 0 Å². The zero-order valence-corrected chi connectivity index (χ0v) is 10.1. The number of aliphatic hydroxyl groups excluding tert-OH is 2. The highest BCUT2D eigenvalue weighted by Gasteiger charge is 2.56. The van der Waals surface area contributed by atoms with E-state index in [0.717, 1.165) is 13.1 Å². The Hall–Kier alpha value is -0.240. The Morgan fingerprint density at radius 3 is 2.65 bits per heavy atom. The van der Waals surface area contributed by atoms with E-state index in [4.69, 9.17) is 14.2 Å². The third-order valence-corrected chi connectivity index (χ3v) is 3.42. The van der Waals surface area contributed by atoms with Crippen LogP contribution in [0.25, 0.3) is 0 Å². The van der Waals surface area contributed by atoms with Crippen molar-refractivity contribution >= 4 is 0 Å². The molecule has 0 aromatic rings. The summed E-state index contributed by atoms with van der Waals surface area (Å²) in [4.78, 5) is 2.08. The van der Waals surface area contributed by atoms with Crippen LogP contribution in [-0.2, 0) is 14.2 Å². The number of rotatable bonds is 3. The van der Waals surface area contributed by atoms with E-state index < -0.39 is 36.5 Å². The summed E-state index contributed by atoms with van der Waals surface area (Å²) in [6.07, 6.45) is -3.24. The van der Waals surface area contributed by atoms with Crippen LogP contribution in [0.5, 0.6) is 0 Å². The van der Waals surface area contributed by atoms with Gasteiger partial charge in [0.05, 0.1) is 6.10 Å². The van der Waals surface area contributed by atoms with Gasteiger partial charge < -0.3 is 24.4 Å². The molecule has 5 unspecified atom stereocenters. The van der Waals surface area contributed by atoms with Crippen molar-refractivity contribution in [2.24, 2.45) is 0 Å². The van der Waals surface area contributed by atoms with E-state index >= 15 is 0 Å². The maximum atomic E-state index is 10.1. The SMILES string of the molecule is CC1(C)OC2OC(C(O)CN3CC3)C(O)C2O1. The standard InChI is InChI=1S/C11H19NO5/c1-11(2)16-9-7(14)8(15-10(9)17-11)6(13)5-12-3-4-12/h6-10,13-14H,3-5H2,1-2H3. The van der Waals surface area contributed by atoms with Gasteiger partial charge in [-0.05, 0) is 13.8 Å². The van der Waals surface area contributed by atoms with E-state index in [2.05, 4.69) is 4.90 Å². The van der Waals surface area contributed by atoms with Gasteiger partial charge in [0.2, 0.25) is 0 Å². The van der Waals surface area contributed by atoms with E-state index in [0.29, 0.717) is 6.54 Å². The minimum Gasteiger partial charge on any atom is -0.389 e. The summed E-state index contributed by atoms with van der Waals surface area (Å²) in [5.74, 6) is -0.730. The Labute approximate surface area is 100 Å². The molecular weight excluding hydrogens is 226 g/mol. The van der Waals surface area contributed by atoms with Crippen LogP contribution in [0.2, 0.25) is 0 Å². The molecule has 0 aliphatic carbocycles. The fourth-order valence-electron chi connectivity index (χ4n) is 2.46. The van der Waals surface area contributed by atoms with E-state index in [1.54, 1.807) is 13.8 Å². The first-order chi connectivity index (χ1) is 7.96. The van der Waals surface area contributed by atoms with Crippen LogP contribution >= 0.6 is 0 Å². The van der Waals surface area contributed by atoms with Crippen LogP contribution in [0.15, 0.2) is 0 Å². The molecule has 17 heavy (non-hydrogen) atoms. The monoisotopic (exact) mass is 245 g/mol. The van der Waals surface area contributed by atoms with Crippen molar-refractivity contribution < 1.29 is 24.4 Å². The number of hydrogen-bond acceptors (Lipinski definition) is 6. The van der Waals surface area contributed by atoms with E-state index in [-0.39, 0.29) is 0 Å². The summed E-state index contributed by atoms with van der Waals surface area (Å²) in [5.41, 5.74) is 0. The largest absolute Gasteiger partial charge is 0.389 e. The molecule has 0 spiro atoms. The average Bonchev–Trinajstić information content (AvgIpc) is 2.91. The second-order valence-corrected chi connectivity index (χ2v) is 5.43. The molecule has 6 nitrogen and oxygen atoms in total. The minimum atomic E-state index is -0.836. The predicted octanol–water partition coefficient (Wildman–Crippen LogP) is -1.10. The lowest BCUT2D eigenvalue weighted by Crippen LogP contribution is -2.43. The van der Waals surface area contributed by atoms with Crippen molar-refractivity contribution in [2.75, 3.05) is 19.6 Å². The molecule has 3 aliphatic heterocycles. The summed E-state index contributed by atoms with van der Waals surface area (Å²) < 4.78 is 16.6. The van der Waals surface area contributed by atoms with Crippen molar-refractivity contribution in [1.82, 2.24) is 4.90 Å². The molecule has 6 heteroatoms. The number of aliphatic hydroxyl groups is 2. The summed E-state index contributed by atoms with van der Waals surface area (Å²) in [7, 11) is 0. The lowest BCUT2D eigenvalue weighted by molar-refractivity contribution is -0.225. The molecule has 0 saturated carbocycles. The molecular formula is C11H19NO5. The van der Waals surface area contributed by atoms with Crippen molar-refractivity contribution in [2.45, 2.75) is 50.3 Å². The van der Waals surface area contributed by atoms with Crippen molar-refractivity contribution in [3.05, 3.63) is 0 Å². The number of ether oxygens (including phenoxy) is 3. The van der Waals surface area contributed by atoms with Crippen LogP contribution in [0.1, 0.15) is 13.8 Å². The van der Waals surface area contributed by atoms with Gasteiger partial charge in [-0.3, -0.25) is 4.90 Å². The molecule has 0 aromatic carbocycles. The summed E-state index contributed by atoms with van der Waals surface area (Å²) >= 11 is 0. The molecule has 3 fully saturated rings. The fourth-order valence-corrected chi connectivity index (χ4v) is 2.46. The maximum Gasteiger partial charge on any atom is 0.190 e. The van der Waals surface area contributed by atoms with E-state index in [1.807, 2.05) is 0 Å². The summed E-state index contributed by atoms with van der Waals surface area (Å²) in [5, 5.41) is 20.1. The lowest BCUT2D eigenvalue weighted by atomic mass is 10.1. The Bertz CT molecular complexity index is 306. The predicted molar refractivity (Wildman–Crippen MR) is 57.2 cm³/mol. The second-order valence-electron chi connectivity index (χ2n) is 5.43. The van der Waals surface area contributed by atoms with Gasteiger partial charge in [0.15, 0.2) is 12.1 Å². The van der Waals surface area contributed by atoms with Crippen LogP contribution < -0.4 is 0 Å². The fraction of sp³-hybridized carbons (Fsp3) is 1.00. The highest BCUT2D eigenvalue weighted by Crippen LogP contribution is 2.38. The van der Waals surface area contributed by atoms with Crippen molar-refractivity contribution in [3.63, 3.8) is 0 Å². The molecule has 0 aromatic heterocycles. The van der Waals surface area contributed by atoms with Gasteiger partial charge in [-0.15, -0.1) is 0 Å². The zero-order valence-electron chi connectivity index (χ0n) is 10.1. The highest BCUT2D eigenvalue weighted by atomic mass is 16.8. The van der Waals surface area contributed by atoms with Crippen LogP contribution in [0.4, 0.5) is 0 Å². The first-order valence-corrected chi connectivity index (χ1v) is 6.06. The summed E-state index contributed by atoms with van der Waals surface area (Å²) in [6.45, 7) is 6.11. The number of fused-ring (bicyclic) bond motifs is 1. The van der Waals surface area contributed by atoms with Gasteiger partial charge in [0, 0.05) is 19.6 Å². The topological polar surface area (TPSA) is 71.2 Å². The molecule has 3 rings (SSSR count). The van der Waals surface area contributed by atoms with Gasteiger partial charge in [0.1, 0.15) is 18.3 Å². The van der Waals surface area contributed by atoms with Crippen LogP contribution in [-0.4, -0.2) is 71.2 Å². The van der Waals surface area contributed by atoms with Gasteiger partial charge in [-0.2, -0.15) is 0 Å². The maximum absolute atomic E-state index is 10.1. The molecule has 0 amide bonds. The van der Waals surface area contributed by atoms with Crippen LogP contribution in [0, 0.1) is 0 Å². The molecule has 3 aliphatic rings. The van der Waals surface area contributed by atoms with Crippen molar-refractivity contribution in [1.29, 1.82) is 0 Å². The van der Waals surface area contributed by atoms with Crippen molar-refractivity contribution in [3.8, 4) is 0 Å². The third kappa shape index (κ3) is 2.21. The van der Waals surface area contributed by atoms with E-state index in [1.165, 1.54) is 0 Å². The number of hydrogen-bond donors (Lipinski definition) is 2. The molecule has 3 saturated heterocycles. The molecule has 98 valence electrons. The van der Waals surface area contributed by atoms with Gasteiger partial charge in [-0.25, -0.2) is 0 Å². The second kappa shape index (κ2) is 3.88. The van der Waals surface area contributed by atoms with E-state index in [9.17, 15) is 10.2 Å². The Kier molecular flexibility index (Phi) is 2.70. The smallest absolute Gasteiger partial charge is 0.190 e. The molecule has 0 bridgehead atoms. The molecule has 5 atom stereocenters. The number of β-amino-alcohol motifs (C(OH)–C–C–N with tert-alkyl or cyclic N) is 1. The lowest BCUT2D eigenvalue weighted by Gasteiger charge is -2.26. The van der Waals surface area contributed by atoms with Crippen LogP contribution in [0.3, 0.4) is 0 Å². The Balaban J connectivity index is 1.62. The quantitative estimate of drug-likeness (QED) is 0.615. The first-order valence-electron chi connectivity index (χ1n) is 6.06. The Morgan fingerprint density at radius 2 is 2.06 bits per heavy atom. The van der Waals surface area contributed by atoms with Gasteiger partial charge >= 0.3 is 0 Å². The third-order valence-electron chi connectivity index (χ3n) is 3.42. The molecule has 3 heterocycles. The van der Waals surface area contributed by atoms with Gasteiger partial charge in [0.25, 0.3) is 0 Å². The zero-order chi connectivity index (χ0) is 12.2. The highest BCUT2D eigenvalue weighted by molar-refractivity contribution is 4.97. The summed E-state index contributed by atoms with van der Waals surface area (Å²) in [6, 6.07) is 0. The molecule has 0 radical (unpaired) electrons. The molecule has 2 N–H and O–H groups in total. The normalized spacial score (nSPS) is 45.9.